The Kier molecular flexibility index (Phi) is 7.73. The van der Waals surface area contributed by atoms with Crippen molar-refractivity contribution in [3.8, 4) is 0 Å². The second-order valence-electron chi connectivity index (χ2n) is 4.68. The fourth-order valence-corrected chi connectivity index (χ4v) is 2.55. The zero-order valence-corrected chi connectivity index (χ0v) is 12.8. The minimum atomic E-state index is 0.636. The molecule has 1 rings (SSSR count). The predicted molar refractivity (Wildman–Crippen MR) is 81.8 cm³/mol. The number of rotatable bonds is 8. The molecular formula is C15H23Cl2N. The zero-order chi connectivity index (χ0) is 13.4. The highest BCUT2D eigenvalue weighted by atomic mass is 35.5. The van der Waals surface area contributed by atoms with Crippen molar-refractivity contribution in [1.82, 2.24) is 5.32 Å². The van der Waals surface area contributed by atoms with Gasteiger partial charge in [0.1, 0.15) is 0 Å². The summed E-state index contributed by atoms with van der Waals surface area (Å²) in [5.74, 6) is 0. The Morgan fingerprint density at radius 2 is 1.89 bits per heavy atom. The molecule has 1 aromatic carbocycles. The van der Waals surface area contributed by atoms with Crippen molar-refractivity contribution in [2.24, 2.45) is 0 Å². The van der Waals surface area contributed by atoms with Gasteiger partial charge in [0.25, 0.3) is 0 Å². The summed E-state index contributed by atoms with van der Waals surface area (Å²) in [6.07, 6.45) is 5.99. The van der Waals surface area contributed by atoms with Crippen molar-refractivity contribution >= 4 is 23.2 Å². The lowest BCUT2D eigenvalue weighted by molar-refractivity contribution is 0.447. The molecule has 0 saturated heterocycles. The molecule has 0 fully saturated rings. The molecular weight excluding hydrogens is 265 g/mol. The lowest BCUT2D eigenvalue weighted by Crippen LogP contribution is -2.28. The number of hydrogen-bond acceptors (Lipinski definition) is 1. The van der Waals surface area contributed by atoms with Crippen LogP contribution in [0.3, 0.4) is 0 Å². The van der Waals surface area contributed by atoms with Crippen molar-refractivity contribution in [2.45, 2.75) is 52.0 Å². The highest BCUT2D eigenvalue weighted by Gasteiger charge is 2.06. The van der Waals surface area contributed by atoms with Gasteiger partial charge in [-0.2, -0.15) is 0 Å². The molecule has 0 aliphatic rings. The molecule has 3 heteroatoms. The number of benzene rings is 1. The first-order valence-corrected chi connectivity index (χ1v) is 7.60. The number of aryl methyl sites for hydroxylation is 1. The van der Waals surface area contributed by atoms with E-state index in [1.54, 1.807) is 0 Å². The molecule has 18 heavy (non-hydrogen) atoms. The van der Waals surface area contributed by atoms with Gasteiger partial charge in [0.05, 0.1) is 10.0 Å². The largest absolute Gasteiger partial charge is 0.314 e. The SMILES string of the molecule is CCCC(CCCc1ccc(Cl)c(Cl)c1)NCC. The molecule has 0 aromatic heterocycles. The number of hydrogen-bond donors (Lipinski definition) is 1. The molecule has 0 radical (unpaired) electrons. The lowest BCUT2D eigenvalue weighted by atomic mass is 10.0. The maximum atomic E-state index is 6.01. The molecule has 0 spiro atoms. The summed E-state index contributed by atoms with van der Waals surface area (Å²) in [6.45, 7) is 5.46. The molecule has 0 aliphatic heterocycles. The summed E-state index contributed by atoms with van der Waals surface area (Å²) >= 11 is 11.9. The van der Waals surface area contributed by atoms with Gasteiger partial charge in [-0.25, -0.2) is 0 Å². The van der Waals surface area contributed by atoms with Crippen LogP contribution in [0, 0.1) is 0 Å². The van der Waals surface area contributed by atoms with Crippen molar-refractivity contribution < 1.29 is 0 Å². The van der Waals surface area contributed by atoms with E-state index in [4.69, 9.17) is 23.2 Å². The Bertz CT molecular complexity index is 346. The van der Waals surface area contributed by atoms with E-state index in [1.807, 2.05) is 12.1 Å². The first-order valence-electron chi connectivity index (χ1n) is 6.84. The maximum Gasteiger partial charge on any atom is 0.0595 e. The molecule has 1 nitrogen and oxygen atoms in total. The van der Waals surface area contributed by atoms with Gasteiger partial charge in [-0.05, 0) is 49.9 Å². The molecule has 0 aliphatic carbocycles. The van der Waals surface area contributed by atoms with E-state index in [0.717, 1.165) is 13.0 Å². The zero-order valence-electron chi connectivity index (χ0n) is 11.3. The van der Waals surface area contributed by atoms with Crippen LogP contribution in [0.1, 0.15) is 45.1 Å². The second-order valence-corrected chi connectivity index (χ2v) is 5.50. The minimum absolute atomic E-state index is 0.636. The predicted octanol–water partition coefficient (Wildman–Crippen LogP) is 5.09. The van der Waals surface area contributed by atoms with Gasteiger partial charge in [0.2, 0.25) is 0 Å². The minimum Gasteiger partial charge on any atom is -0.314 e. The topological polar surface area (TPSA) is 12.0 Å². The van der Waals surface area contributed by atoms with E-state index in [2.05, 4.69) is 25.2 Å². The quantitative estimate of drug-likeness (QED) is 0.702. The molecule has 0 amide bonds. The smallest absolute Gasteiger partial charge is 0.0595 e. The lowest BCUT2D eigenvalue weighted by Gasteiger charge is -2.16. The average Bonchev–Trinajstić information content (AvgIpc) is 2.34. The summed E-state index contributed by atoms with van der Waals surface area (Å²) in [4.78, 5) is 0. The molecule has 0 heterocycles. The third-order valence-electron chi connectivity index (χ3n) is 3.13. The Morgan fingerprint density at radius 1 is 1.11 bits per heavy atom. The first kappa shape index (κ1) is 15.8. The highest BCUT2D eigenvalue weighted by molar-refractivity contribution is 6.42. The van der Waals surface area contributed by atoms with Crippen LogP contribution >= 0.6 is 23.2 Å². The van der Waals surface area contributed by atoms with E-state index in [9.17, 15) is 0 Å². The molecule has 0 bridgehead atoms. The fourth-order valence-electron chi connectivity index (χ4n) is 2.23. The van der Waals surface area contributed by atoms with E-state index in [1.165, 1.54) is 31.2 Å². The Labute approximate surface area is 121 Å². The molecule has 1 N–H and O–H groups in total. The Hall–Kier alpha value is -0.240. The number of nitrogens with one attached hydrogen (secondary N) is 1. The Balaban J connectivity index is 2.37. The molecule has 1 aromatic rings. The summed E-state index contributed by atoms with van der Waals surface area (Å²) < 4.78 is 0. The van der Waals surface area contributed by atoms with Crippen molar-refractivity contribution in [2.75, 3.05) is 6.54 Å². The van der Waals surface area contributed by atoms with Crippen LogP contribution in [0.4, 0.5) is 0 Å². The van der Waals surface area contributed by atoms with Crippen LogP contribution in [0.2, 0.25) is 10.0 Å². The molecule has 1 unspecified atom stereocenters. The van der Waals surface area contributed by atoms with Crippen LogP contribution in [0.15, 0.2) is 18.2 Å². The van der Waals surface area contributed by atoms with Crippen LogP contribution in [0.25, 0.3) is 0 Å². The normalized spacial score (nSPS) is 12.7. The van der Waals surface area contributed by atoms with E-state index in [0.29, 0.717) is 16.1 Å². The van der Waals surface area contributed by atoms with E-state index < -0.39 is 0 Å². The Morgan fingerprint density at radius 3 is 2.50 bits per heavy atom. The van der Waals surface area contributed by atoms with Crippen LogP contribution in [0.5, 0.6) is 0 Å². The summed E-state index contributed by atoms with van der Waals surface area (Å²) in [7, 11) is 0. The van der Waals surface area contributed by atoms with E-state index in [-0.39, 0.29) is 0 Å². The standard InChI is InChI=1S/C15H23Cl2N/c1-3-6-13(18-4-2)8-5-7-12-9-10-14(16)15(17)11-12/h9-11,13,18H,3-8H2,1-2H3. The van der Waals surface area contributed by atoms with E-state index >= 15 is 0 Å². The summed E-state index contributed by atoms with van der Waals surface area (Å²) in [5.41, 5.74) is 1.27. The van der Waals surface area contributed by atoms with Crippen molar-refractivity contribution in [3.63, 3.8) is 0 Å². The summed E-state index contributed by atoms with van der Waals surface area (Å²) in [5, 5.41) is 4.84. The fraction of sp³-hybridized carbons (Fsp3) is 0.600. The third-order valence-corrected chi connectivity index (χ3v) is 3.87. The number of halogens is 2. The maximum absolute atomic E-state index is 6.01. The third kappa shape index (κ3) is 5.60. The van der Waals surface area contributed by atoms with Crippen molar-refractivity contribution in [3.05, 3.63) is 33.8 Å². The molecule has 0 saturated carbocycles. The van der Waals surface area contributed by atoms with Gasteiger partial charge in [-0.15, -0.1) is 0 Å². The first-order chi connectivity index (χ1) is 8.67. The van der Waals surface area contributed by atoms with Gasteiger partial charge in [0.15, 0.2) is 0 Å². The van der Waals surface area contributed by atoms with Crippen molar-refractivity contribution in [1.29, 1.82) is 0 Å². The van der Waals surface area contributed by atoms with Gasteiger partial charge in [-0.1, -0.05) is 49.5 Å². The highest BCUT2D eigenvalue weighted by Crippen LogP contribution is 2.23. The van der Waals surface area contributed by atoms with Gasteiger partial charge in [0, 0.05) is 6.04 Å². The van der Waals surface area contributed by atoms with Crippen LogP contribution in [-0.4, -0.2) is 12.6 Å². The summed E-state index contributed by atoms with van der Waals surface area (Å²) in [6, 6.07) is 6.58. The molecule has 102 valence electrons. The average molecular weight is 288 g/mol. The van der Waals surface area contributed by atoms with Gasteiger partial charge < -0.3 is 5.32 Å². The monoisotopic (exact) mass is 287 g/mol. The van der Waals surface area contributed by atoms with Crippen LogP contribution in [-0.2, 0) is 6.42 Å². The van der Waals surface area contributed by atoms with Crippen LogP contribution < -0.4 is 5.32 Å². The van der Waals surface area contributed by atoms with Gasteiger partial charge in [-0.3, -0.25) is 0 Å². The molecule has 1 atom stereocenters. The van der Waals surface area contributed by atoms with Gasteiger partial charge >= 0.3 is 0 Å². The second kappa shape index (κ2) is 8.79.